The Morgan fingerprint density at radius 1 is 1.40 bits per heavy atom. The molecule has 0 radical (unpaired) electrons. The van der Waals surface area contributed by atoms with Gasteiger partial charge < -0.3 is 10.2 Å². The molecular weight excluding hydrogens is 228 g/mol. The van der Waals surface area contributed by atoms with Gasteiger partial charge in [-0.1, -0.05) is 30.3 Å². The summed E-state index contributed by atoms with van der Waals surface area (Å²) >= 11 is 10.9. The molecule has 0 atom stereocenters. The Morgan fingerprint density at radius 3 is 2.40 bits per heavy atom. The van der Waals surface area contributed by atoms with E-state index in [-0.39, 0.29) is 0 Å². The molecule has 0 aliphatic heterocycles. The van der Waals surface area contributed by atoms with Crippen LogP contribution in [0.3, 0.4) is 0 Å². The van der Waals surface area contributed by atoms with Crippen LogP contribution < -0.4 is 5.32 Å². The molecule has 0 heterocycles. The molecule has 0 bridgehead atoms. The van der Waals surface area contributed by atoms with Gasteiger partial charge in [0, 0.05) is 24.8 Å². The maximum absolute atomic E-state index is 5.80. The molecule has 1 aromatic rings. The molecule has 0 saturated carbocycles. The summed E-state index contributed by atoms with van der Waals surface area (Å²) in [6.07, 6.45) is 0. The molecule has 0 aromatic heterocycles. The topological polar surface area (TPSA) is 15.3 Å². The standard InChI is InChI=1S/C11H13ClN2S/c1-8(14(3)11(15)13-2)9-4-6-10(12)7-5-9/h4-7H,1H2,2-3H3,(H,13,15). The fourth-order valence-electron chi connectivity index (χ4n) is 1.13. The summed E-state index contributed by atoms with van der Waals surface area (Å²) < 4.78 is 0. The first-order valence-corrected chi connectivity index (χ1v) is 5.25. The Bertz CT molecular complexity index is 373. The average Bonchev–Trinajstić information content (AvgIpc) is 2.27. The quantitative estimate of drug-likeness (QED) is 0.801. The van der Waals surface area contributed by atoms with Gasteiger partial charge in [-0.25, -0.2) is 0 Å². The minimum absolute atomic E-state index is 0.634. The highest BCUT2D eigenvalue weighted by Gasteiger charge is 2.07. The lowest BCUT2D eigenvalue weighted by Crippen LogP contribution is -2.32. The van der Waals surface area contributed by atoms with E-state index in [1.54, 1.807) is 7.05 Å². The zero-order valence-electron chi connectivity index (χ0n) is 8.75. The summed E-state index contributed by atoms with van der Waals surface area (Å²) in [6, 6.07) is 7.50. The second kappa shape index (κ2) is 5.14. The number of hydrogen-bond donors (Lipinski definition) is 1. The van der Waals surface area contributed by atoms with Crippen molar-refractivity contribution in [3.05, 3.63) is 41.4 Å². The number of nitrogens with zero attached hydrogens (tertiary/aromatic N) is 1. The molecule has 0 saturated heterocycles. The van der Waals surface area contributed by atoms with E-state index in [0.717, 1.165) is 11.3 Å². The van der Waals surface area contributed by atoms with Crippen LogP contribution in [0.5, 0.6) is 0 Å². The SMILES string of the molecule is C=C(c1ccc(Cl)cc1)N(C)C(=S)NC. The number of nitrogens with one attached hydrogen (secondary N) is 1. The van der Waals surface area contributed by atoms with Crippen molar-refractivity contribution in [1.29, 1.82) is 0 Å². The molecule has 0 unspecified atom stereocenters. The number of hydrogen-bond acceptors (Lipinski definition) is 1. The van der Waals surface area contributed by atoms with Crippen LogP contribution in [0, 0.1) is 0 Å². The minimum atomic E-state index is 0.634. The van der Waals surface area contributed by atoms with Gasteiger partial charge in [0.2, 0.25) is 0 Å². The molecular formula is C11H13ClN2S. The van der Waals surface area contributed by atoms with Crippen LogP contribution in [-0.2, 0) is 0 Å². The van der Waals surface area contributed by atoms with Crippen LogP contribution in [0.25, 0.3) is 5.70 Å². The van der Waals surface area contributed by atoms with Crippen molar-refractivity contribution >= 4 is 34.6 Å². The fourth-order valence-corrected chi connectivity index (χ4v) is 1.36. The molecule has 1 aromatic carbocycles. The normalized spacial score (nSPS) is 9.53. The molecule has 80 valence electrons. The molecule has 0 aliphatic carbocycles. The summed E-state index contributed by atoms with van der Waals surface area (Å²) in [4.78, 5) is 1.82. The lowest BCUT2D eigenvalue weighted by molar-refractivity contribution is 0.704. The maximum Gasteiger partial charge on any atom is 0.172 e. The van der Waals surface area contributed by atoms with Crippen LogP contribution in [0.2, 0.25) is 5.02 Å². The Labute approximate surface area is 101 Å². The van der Waals surface area contributed by atoms with Crippen LogP contribution in [-0.4, -0.2) is 24.1 Å². The molecule has 0 spiro atoms. The van der Waals surface area contributed by atoms with E-state index in [4.69, 9.17) is 23.8 Å². The van der Waals surface area contributed by atoms with Crippen molar-refractivity contribution in [1.82, 2.24) is 10.2 Å². The van der Waals surface area contributed by atoms with Crippen LogP contribution >= 0.6 is 23.8 Å². The molecule has 0 aliphatic rings. The van der Waals surface area contributed by atoms with Crippen molar-refractivity contribution in [2.45, 2.75) is 0 Å². The Kier molecular flexibility index (Phi) is 4.12. The molecule has 15 heavy (non-hydrogen) atoms. The van der Waals surface area contributed by atoms with E-state index >= 15 is 0 Å². The monoisotopic (exact) mass is 240 g/mol. The highest BCUT2D eigenvalue weighted by atomic mass is 35.5. The maximum atomic E-state index is 5.80. The predicted molar refractivity (Wildman–Crippen MR) is 69.9 cm³/mol. The smallest absolute Gasteiger partial charge is 0.172 e. The van der Waals surface area contributed by atoms with Gasteiger partial charge in [0.1, 0.15) is 0 Å². The first kappa shape index (κ1) is 12.0. The summed E-state index contributed by atoms with van der Waals surface area (Å²) in [6.45, 7) is 3.98. The molecule has 2 nitrogen and oxygen atoms in total. The number of rotatable bonds is 2. The van der Waals surface area contributed by atoms with Gasteiger partial charge in [-0.15, -0.1) is 0 Å². The zero-order chi connectivity index (χ0) is 11.4. The average molecular weight is 241 g/mol. The van der Waals surface area contributed by atoms with Gasteiger partial charge in [0.05, 0.1) is 0 Å². The van der Waals surface area contributed by atoms with E-state index in [2.05, 4.69) is 11.9 Å². The Hall–Kier alpha value is -1.06. The van der Waals surface area contributed by atoms with Gasteiger partial charge in [0.25, 0.3) is 0 Å². The van der Waals surface area contributed by atoms with E-state index in [0.29, 0.717) is 10.1 Å². The van der Waals surface area contributed by atoms with E-state index in [1.807, 2.05) is 36.2 Å². The van der Waals surface area contributed by atoms with E-state index in [1.165, 1.54) is 0 Å². The van der Waals surface area contributed by atoms with Crippen molar-refractivity contribution in [3.8, 4) is 0 Å². The molecule has 0 amide bonds. The zero-order valence-corrected chi connectivity index (χ0v) is 10.3. The largest absolute Gasteiger partial charge is 0.365 e. The number of benzene rings is 1. The van der Waals surface area contributed by atoms with E-state index in [9.17, 15) is 0 Å². The second-order valence-corrected chi connectivity index (χ2v) is 3.89. The van der Waals surface area contributed by atoms with Gasteiger partial charge >= 0.3 is 0 Å². The fraction of sp³-hybridized carbons (Fsp3) is 0.182. The van der Waals surface area contributed by atoms with Crippen LogP contribution in [0.4, 0.5) is 0 Å². The molecule has 4 heteroatoms. The van der Waals surface area contributed by atoms with Crippen molar-refractivity contribution < 1.29 is 0 Å². The minimum Gasteiger partial charge on any atom is -0.365 e. The lowest BCUT2D eigenvalue weighted by Gasteiger charge is -2.22. The van der Waals surface area contributed by atoms with E-state index < -0.39 is 0 Å². The van der Waals surface area contributed by atoms with Gasteiger partial charge in [-0.3, -0.25) is 0 Å². The third-order valence-electron chi connectivity index (χ3n) is 2.10. The third-order valence-corrected chi connectivity index (χ3v) is 2.83. The summed E-state index contributed by atoms with van der Waals surface area (Å²) in [5, 5.41) is 4.24. The van der Waals surface area contributed by atoms with Crippen LogP contribution in [0.1, 0.15) is 5.56 Å². The van der Waals surface area contributed by atoms with Gasteiger partial charge in [-0.2, -0.15) is 0 Å². The summed E-state index contributed by atoms with van der Waals surface area (Å²) in [5.41, 5.74) is 1.84. The Balaban J connectivity index is 2.85. The van der Waals surface area contributed by atoms with Gasteiger partial charge in [0.15, 0.2) is 5.11 Å². The summed E-state index contributed by atoms with van der Waals surface area (Å²) in [5.74, 6) is 0. The summed E-state index contributed by atoms with van der Waals surface area (Å²) in [7, 11) is 3.66. The van der Waals surface area contributed by atoms with Crippen LogP contribution in [0.15, 0.2) is 30.8 Å². The molecule has 1 rings (SSSR count). The molecule has 1 N–H and O–H groups in total. The number of thiocarbonyl (C=S) groups is 1. The Morgan fingerprint density at radius 2 is 1.93 bits per heavy atom. The first-order chi connectivity index (χ1) is 7.06. The predicted octanol–water partition coefficient (Wildman–Crippen LogP) is 2.75. The van der Waals surface area contributed by atoms with Crippen molar-refractivity contribution in [2.24, 2.45) is 0 Å². The highest BCUT2D eigenvalue weighted by Crippen LogP contribution is 2.18. The first-order valence-electron chi connectivity index (χ1n) is 4.46. The lowest BCUT2D eigenvalue weighted by atomic mass is 10.1. The van der Waals surface area contributed by atoms with Crippen molar-refractivity contribution in [2.75, 3.05) is 14.1 Å². The van der Waals surface area contributed by atoms with Crippen molar-refractivity contribution in [3.63, 3.8) is 0 Å². The highest BCUT2D eigenvalue weighted by molar-refractivity contribution is 7.80. The molecule has 0 fully saturated rings. The number of halogens is 1. The second-order valence-electron chi connectivity index (χ2n) is 3.07. The van der Waals surface area contributed by atoms with Gasteiger partial charge in [-0.05, 0) is 29.9 Å². The third kappa shape index (κ3) is 2.94.